The second kappa shape index (κ2) is 7.87. The van der Waals surface area contributed by atoms with Crippen LogP contribution in [0.4, 0.5) is 23.0 Å². The highest BCUT2D eigenvalue weighted by atomic mass is 16.5. The molecule has 0 saturated carbocycles. The average molecular weight is 402 g/mol. The number of nitrogens with one attached hydrogen (secondary N) is 3. The summed E-state index contributed by atoms with van der Waals surface area (Å²) in [5.74, 6) is 1.61. The Morgan fingerprint density at radius 2 is 2.07 bits per heavy atom. The number of nitrogens with two attached hydrogens (primary N) is 1. The highest BCUT2D eigenvalue weighted by Crippen LogP contribution is 2.20. The first-order chi connectivity index (χ1) is 14.5. The van der Waals surface area contributed by atoms with Crippen LogP contribution in [-0.2, 0) is 0 Å². The van der Waals surface area contributed by atoms with Crippen LogP contribution in [0, 0.1) is 12.3 Å². The van der Waals surface area contributed by atoms with Crippen molar-refractivity contribution >= 4 is 35.1 Å². The molecule has 4 aromatic rings. The van der Waals surface area contributed by atoms with Crippen molar-refractivity contribution in [2.45, 2.75) is 6.92 Å². The van der Waals surface area contributed by atoms with E-state index < -0.39 is 5.91 Å². The molecule has 0 saturated heterocycles. The highest BCUT2D eigenvalue weighted by molar-refractivity contribution is 6.02. The van der Waals surface area contributed by atoms with E-state index in [1.807, 2.05) is 0 Å². The van der Waals surface area contributed by atoms with Gasteiger partial charge in [0.1, 0.15) is 11.6 Å². The van der Waals surface area contributed by atoms with E-state index in [0.717, 1.165) is 5.69 Å². The number of carbonyl (C=O) groups excluding carboxylic acids is 1. The molecule has 0 fully saturated rings. The summed E-state index contributed by atoms with van der Waals surface area (Å²) < 4.78 is 6.49. The summed E-state index contributed by atoms with van der Waals surface area (Å²) in [4.78, 5) is 16.6. The van der Waals surface area contributed by atoms with Crippen LogP contribution in [0.5, 0.6) is 0 Å². The number of rotatable bonds is 6. The zero-order valence-electron chi connectivity index (χ0n) is 16.0. The van der Waals surface area contributed by atoms with Crippen LogP contribution in [0.3, 0.4) is 0 Å². The van der Waals surface area contributed by atoms with E-state index in [2.05, 4.69) is 25.9 Å². The molecule has 0 aliphatic carbocycles. The lowest BCUT2D eigenvalue weighted by Gasteiger charge is -2.07. The van der Waals surface area contributed by atoms with Crippen molar-refractivity contribution in [2.24, 2.45) is 0 Å². The van der Waals surface area contributed by atoms with Gasteiger partial charge in [-0.15, -0.1) is 5.10 Å². The molecule has 0 spiro atoms. The minimum atomic E-state index is -0.412. The summed E-state index contributed by atoms with van der Waals surface area (Å²) in [7, 11) is 0. The van der Waals surface area contributed by atoms with Crippen LogP contribution in [0.1, 0.15) is 21.8 Å². The lowest BCUT2D eigenvalue weighted by Crippen LogP contribution is -2.14. The average Bonchev–Trinajstić information content (AvgIpc) is 3.39. The lowest BCUT2D eigenvalue weighted by molar-refractivity contribution is 0.101. The molecular weight excluding hydrogens is 384 g/mol. The Hall–Kier alpha value is -4.47. The van der Waals surface area contributed by atoms with Crippen LogP contribution in [0.25, 0.3) is 5.82 Å². The van der Waals surface area contributed by atoms with E-state index in [1.165, 1.54) is 6.21 Å². The molecule has 3 heterocycles. The molecule has 0 atom stereocenters. The summed E-state index contributed by atoms with van der Waals surface area (Å²) in [5, 5.41) is 21.4. The second-order valence-electron chi connectivity index (χ2n) is 6.42. The van der Waals surface area contributed by atoms with Crippen LogP contribution in [-0.4, -0.2) is 32.0 Å². The fourth-order valence-corrected chi connectivity index (χ4v) is 2.72. The first kappa shape index (κ1) is 18.9. The third-order valence-corrected chi connectivity index (χ3v) is 4.18. The molecule has 10 heteroatoms. The van der Waals surface area contributed by atoms with E-state index in [0.29, 0.717) is 34.5 Å². The monoisotopic (exact) mass is 402 g/mol. The van der Waals surface area contributed by atoms with Crippen molar-refractivity contribution in [3.63, 3.8) is 0 Å². The van der Waals surface area contributed by atoms with Gasteiger partial charge >= 0.3 is 0 Å². The maximum Gasteiger partial charge on any atom is 0.279 e. The number of amides is 1. The van der Waals surface area contributed by atoms with Crippen LogP contribution in [0.15, 0.2) is 59.3 Å². The molecule has 150 valence electrons. The Balaban J connectivity index is 1.50. The van der Waals surface area contributed by atoms with Crippen LogP contribution < -0.4 is 16.4 Å². The van der Waals surface area contributed by atoms with Crippen molar-refractivity contribution in [2.75, 3.05) is 16.4 Å². The molecule has 0 radical (unpaired) electrons. The normalized spacial score (nSPS) is 10.6. The van der Waals surface area contributed by atoms with Crippen molar-refractivity contribution in [1.82, 2.24) is 19.9 Å². The number of hydrogen-bond donors (Lipinski definition) is 4. The number of nitrogens with zero attached hydrogens (tertiary/aromatic N) is 4. The predicted octanol–water partition coefficient (Wildman–Crippen LogP) is 3.14. The Morgan fingerprint density at radius 3 is 2.83 bits per heavy atom. The van der Waals surface area contributed by atoms with E-state index in [4.69, 9.17) is 15.7 Å². The third-order valence-electron chi connectivity index (χ3n) is 4.18. The zero-order chi connectivity index (χ0) is 21.1. The number of pyridine rings is 1. The van der Waals surface area contributed by atoms with Gasteiger partial charge in [0.15, 0.2) is 17.3 Å². The molecule has 0 aliphatic rings. The highest BCUT2D eigenvalue weighted by Gasteiger charge is 2.12. The van der Waals surface area contributed by atoms with Gasteiger partial charge in [-0.05, 0) is 37.3 Å². The van der Waals surface area contributed by atoms with Gasteiger partial charge in [0.2, 0.25) is 0 Å². The first-order valence-electron chi connectivity index (χ1n) is 8.96. The van der Waals surface area contributed by atoms with Gasteiger partial charge < -0.3 is 26.3 Å². The number of nitrogen functional groups attached to an aromatic ring is 1. The Labute approximate surface area is 171 Å². The van der Waals surface area contributed by atoms with Gasteiger partial charge in [0.25, 0.3) is 5.91 Å². The quantitative estimate of drug-likeness (QED) is 0.286. The maximum atomic E-state index is 12.2. The van der Waals surface area contributed by atoms with Crippen molar-refractivity contribution < 1.29 is 9.32 Å². The van der Waals surface area contributed by atoms with Gasteiger partial charge in [-0.2, -0.15) is 0 Å². The fraction of sp³-hybridized carbons (Fsp3) is 0.0500. The molecule has 1 aromatic carbocycles. The van der Waals surface area contributed by atoms with Crippen molar-refractivity contribution in [3.05, 3.63) is 71.7 Å². The fourth-order valence-electron chi connectivity index (χ4n) is 2.72. The number of aromatic nitrogens is 4. The molecule has 0 bridgehead atoms. The third kappa shape index (κ3) is 4.02. The minimum Gasteiger partial charge on any atom is -0.398 e. The standard InChI is InChI=1S/C20H18N8O2/c1-12-9-16(27-30-12)20(29)25-17-3-2-4-19(24-17)28-8-7-18(26-28)23-14-5-6-15(22)13(10-14)11-21/h2-11,21H,22H2,1H3,(H,23,26)(H,24,25,29). The molecule has 1 amide bonds. The Morgan fingerprint density at radius 1 is 1.20 bits per heavy atom. The molecule has 10 nitrogen and oxygen atoms in total. The van der Waals surface area contributed by atoms with E-state index in [1.54, 1.807) is 66.3 Å². The van der Waals surface area contributed by atoms with E-state index >= 15 is 0 Å². The summed E-state index contributed by atoms with van der Waals surface area (Å²) in [6, 6.07) is 13.8. The SMILES string of the molecule is Cc1cc(C(=O)Nc2cccc(-n3ccc(Nc4ccc(N)c(C=N)c4)n3)n2)no1. The van der Waals surface area contributed by atoms with Gasteiger partial charge in [0.05, 0.1) is 0 Å². The first-order valence-corrected chi connectivity index (χ1v) is 8.96. The molecular formula is C20H18N8O2. The molecule has 4 rings (SSSR count). The summed E-state index contributed by atoms with van der Waals surface area (Å²) in [6.07, 6.45) is 2.94. The zero-order valence-corrected chi connectivity index (χ0v) is 16.0. The van der Waals surface area contributed by atoms with Crippen LogP contribution >= 0.6 is 0 Å². The van der Waals surface area contributed by atoms with Gasteiger partial charge in [-0.1, -0.05) is 11.2 Å². The molecule has 30 heavy (non-hydrogen) atoms. The summed E-state index contributed by atoms with van der Waals surface area (Å²) in [5.41, 5.74) is 7.90. The molecule has 3 aromatic heterocycles. The Kier molecular flexibility index (Phi) is 4.95. The predicted molar refractivity (Wildman–Crippen MR) is 113 cm³/mol. The van der Waals surface area contributed by atoms with Crippen LogP contribution in [0.2, 0.25) is 0 Å². The lowest BCUT2D eigenvalue weighted by atomic mass is 10.2. The number of benzene rings is 1. The smallest absolute Gasteiger partial charge is 0.279 e. The number of anilines is 4. The summed E-state index contributed by atoms with van der Waals surface area (Å²) >= 11 is 0. The van der Waals surface area contributed by atoms with Gasteiger partial charge in [-0.25, -0.2) is 9.67 Å². The van der Waals surface area contributed by atoms with Crippen molar-refractivity contribution in [1.29, 1.82) is 5.41 Å². The van der Waals surface area contributed by atoms with Gasteiger partial charge in [0, 0.05) is 41.5 Å². The van der Waals surface area contributed by atoms with E-state index in [-0.39, 0.29) is 5.69 Å². The number of hydrogen-bond acceptors (Lipinski definition) is 8. The Bertz CT molecular complexity index is 1230. The molecule has 0 aliphatic heterocycles. The topological polar surface area (TPSA) is 148 Å². The largest absolute Gasteiger partial charge is 0.398 e. The maximum absolute atomic E-state index is 12.2. The number of aryl methyl sites for hydroxylation is 1. The minimum absolute atomic E-state index is 0.179. The second-order valence-corrected chi connectivity index (χ2v) is 6.42. The van der Waals surface area contributed by atoms with E-state index in [9.17, 15) is 4.79 Å². The van der Waals surface area contributed by atoms with Gasteiger partial charge in [-0.3, -0.25) is 4.79 Å². The molecule has 0 unspecified atom stereocenters. The van der Waals surface area contributed by atoms with Crippen molar-refractivity contribution in [3.8, 4) is 5.82 Å². The number of carbonyl (C=O) groups is 1. The molecule has 5 N–H and O–H groups in total. The summed E-state index contributed by atoms with van der Waals surface area (Å²) in [6.45, 7) is 1.71.